The Labute approximate surface area is 118 Å². The van der Waals surface area contributed by atoms with Gasteiger partial charge in [-0.2, -0.15) is 13.2 Å². The van der Waals surface area contributed by atoms with Gasteiger partial charge in [-0.1, -0.05) is 27.7 Å². The molecule has 0 rings (SSSR count). The molecule has 0 aromatic heterocycles. The quantitative estimate of drug-likeness (QED) is 0.722. The first-order chi connectivity index (χ1) is 8.82. The lowest BCUT2D eigenvalue weighted by Crippen LogP contribution is -2.44. The molecule has 0 heterocycles. The van der Waals surface area contributed by atoms with Crippen LogP contribution in [0.4, 0.5) is 13.2 Å². The molecule has 0 aliphatic carbocycles. The molecule has 0 atom stereocenters. The molecule has 0 N–H and O–H groups in total. The van der Waals surface area contributed by atoms with Gasteiger partial charge < -0.3 is 4.90 Å². The van der Waals surface area contributed by atoms with Crippen molar-refractivity contribution in [3.05, 3.63) is 0 Å². The summed E-state index contributed by atoms with van der Waals surface area (Å²) in [6.45, 7) is 5.14. The van der Waals surface area contributed by atoms with Crippen LogP contribution < -0.4 is 0 Å². The summed E-state index contributed by atoms with van der Waals surface area (Å²) in [5.74, 6) is -2.41. The molecule has 120 valence electrons. The lowest BCUT2D eigenvalue weighted by atomic mass is 10.2. The van der Waals surface area contributed by atoms with Crippen LogP contribution in [0.3, 0.4) is 0 Å². The van der Waals surface area contributed by atoms with Gasteiger partial charge in [-0.05, 0) is 11.8 Å². The number of nitrogens with zero attached hydrogens (tertiary/aromatic N) is 1. The van der Waals surface area contributed by atoms with Crippen molar-refractivity contribution < 1.29 is 26.4 Å². The minimum atomic E-state index is -4.54. The molecule has 1 amide bonds. The topological polar surface area (TPSA) is 54.5 Å². The van der Waals surface area contributed by atoms with Crippen LogP contribution in [0.1, 0.15) is 27.7 Å². The number of hydrogen-bond donors (Lipinski definition) is 0. The van der Waals surface area contributed by atoms with E-state index in [1.54, 1.807) is 27.7 Å². The third-order valence-corrected chi connectivity index (χ3v) is 4.10. The van der Waals surface area contributed by atoms with Gasteiger partial charge in [0, 0.05) is 6.54 Å². The lowest BCUT2D eigenvalue weighted by Gasteiger charge is -2.25. The third kappa shape index (κ3) is 9.17. The van der Waals surface area contributed by atoms with E-state index in [-0.39, 0.29) is 24.1 Å². The van der Waals surface area contributed by atoms with Crippen LogP contribution in [-0.2, 0) is 14.6 Å². The highest BCUT2D eigenvalue weighted by Gasteiger charge is 2.34. The van der Waals surface area contributed by atoms with E-state index < -0.39 is 34.2 Å². The molecule has 4 nitrogen and oxygen atoms in total. The minimum absolute atomic E-state index is 0.116. The Morgan fingerprint density at radius 3 is 1.95 bits per heavy atom. The molecule has 0 radical (unpaired) electrons. The SMILES string of the molecule is CC(C)CN(CC(F)(F)F)C(=O)CS(=O)(=O)CC(C)C. The van der Waals surface area contributed by atoms with Crippen LogP contribution in [0.5, 0.6) is 0 Å². The molecular weight excluding hydrogens is 295 g/mol. The largest absolute Gasteiger partial charge is 0.406 e. The smallest absolute Gasteiger partial charge is 0.332 e. The van der Waals surface area contributed by atoms with Crippen LogP contribution in [0.15, 0.2) is 0 Å². The predicted molar refractivity (Wildman–Crippen MR) is 71.0 cm³/mol. The summed E-state index contributed by atoms with van der Waals surface area (Å²) >= 11 is 0. The van der Waals surface area contributed by atoms with Gasteiger partial charge in [0.15, 0.2) is 9.84 Å². The normalized spacial score (nSPS) is 13.1. The van der Waals surface area contributed by atoms with E-state index in [1.807, 2.05) is 0 Å². The Balaban J connectivity index is 4.87. The van der Waals surface area contributed by atoms with Gasteiger partial charge in [0.1, 0.15) is 12.3 Å². The molecule has 0 aliphatic heterocycles. The first-order valence-electron chi connectivity index (χ1n) is 6.37. The zero-order valence-corrected chi connectivity index (χ0v) is 13.0. The second-order valence-corrected chi connectivity index (χ2v) is 7.84. The lowest BCUT2D eigenvalue weighted by molar-refractivity contribution is -0.160. The van der Waals surface area contributed by atoms with Gasteiger partial charge in [0.05, 0.1) is 5.75 Å². The van der Waals surface area contributed by atoms with Crippen molar-refractivity contribution >= 4 is 15.7 Å². The van der Waals surface area contributed by atoms with Gasteiger partial charge in [-0.3, -0.25) is 4.79 Å². The Morgan fingerprint density at radius 2 is 1.60 bits per heavy atom. The van der Waals surface area contributed by atoms with Gasteiger partial charge in [-0.25, -0.2) is 8.42 Å². The Bertz CT molecular complexity index is 416. The van der Waals surface area contributed by atoms with Gasteiger partial charge in [0.2, 0.25) is 5.91 Å². The second-order valence-electron chi connectivity index (χ2n) is 5.73. The van der Waals surface area contributed by atoms with E-state index in [0.29, 0.717) is 4.90 Å². The molecule has 8 heteroatoms. The van der Waals surface area contributed by atoms with E-state index in [1.165, 1.54) is 0 Å². The first kappa shape index (κ1) is 19.2. The first-order valence-corrected chi connectivity index (χ1v) is 8.19. The molecule has 0 aromatic rings. The van der Waals surface area contributed by atoms with Crippen molar-refractivity contribution in [2.75, 3.05) is 24.6 Å². The molecule has 0 saturated heterocycles. The summed E-state index contributed by atoms with van der Waals surface area (Å²) < 4.78 is 60.6. The van der Waals surface area contributed by atoms with Crippen LogP contribution in [0.25, 0.3) is 0 Å². The van der Waals surface area contributed by atoms with Crippen LogP contribution in [-0.4, -0.2) is 50.0 Å². The fourth-order valence-corrected chi connectivity index (χ4v) is 3.45. The van der Waals surface area contributed by atoms with E-state index in [0.717, 1.165) is 0 Å². The summed E-state index contributed by atoms with van der Waals surface area (Å²) in [5, 5.41) is 0. The van der Waals surface area contributed by atoms with Crippen molar-refractivity contribution in [1.29, 1.82) is 0 Å². The summed E-state index contributed by atoms with van der Waals surface area (Å²) in [7, 11) is -3.68. The highest BCUT2D eigenvalue weighted by molar-refractivity contribution is 7.92. The van der Waals surface area contributed by atoms with Gasteiger partial charge >= 0.3 is 6.18 Å². The predicted octanol–water partition coefficient (Wildman–Crippen LogP) is 2.10. The molecule has 0 fully saturated rings. The maximum absolute atomic E-state index is 12.4. The summed E-state index contributed by atoms with van der Waals surface area (Å²) in [4.78, 5) is 12.4. The highest BCUT2D eigenvalue weighted by atomic mass is 32.2. The van der Waals surface area contributed by atoms with Crippen molar-refractivity contribution in [2.45, 2.75) is 33.9 Å². The Hall–Kier alpha value is -0.790. The molecule has 0 saturated carbocycles. The van der Waals surface area contributed by atoms with E-state index >= 15 is 0 Å². The highest BCUT2D eigenvalue weighted by Crippen LogP contribution is 2.18. The number of carbonyl (C=O) groups excluding carboxylic acids is 1. The molecule has 0 spiro atoms. The minimum Gasteiger partial charge on any atom is -0.332 e. The number of amides is 1. The van der Waals surface area contributed by atoms with Crippen molar-refractivity contribution in [3.8, 4) is 0 Å². The van der Waals surface area contributed by atoms with Crippen molar-refractivity contribution in [2.24, 2.45) is 11.8 Å². The number of sulfone groups is 1. The van der Waals surface area contributed by atoms with Crippen molar-refractivity contribution in [3.63, 3.8) is 0 Å². The van der Waals surface area contributed by atoms with Crippen LogP contribution >= 0.6 is 0 Å². The standard InChI is InChI=1S/C12H22F3NO3S/c1-9(2)5-16(8-12(13,14)15)11(17)7-20(18,19)6-10(3)4/h9-10H,5-8H2,1-4H3. The Kier molecular flexibility index (Phi) is 7.00. The third-order valence-electron chi connectivity index (χ3n) is 2.24. The number of carbonyl (C=O) groups is 1. The fraction of sp³-hybridized carbons (Fsp3) is 0.917. The molecule has 0 aromatic carbocycles. The molecule has 0 unspecified atom stereocenters. The maximum Gasteiger partial charge on any atom is 0.406 e. The average molecular weight is 317 g/mol. The van der Waals surface area contributed by atoms with E-state index in [9.17, 15) is 26.4 Å². The van der Waals surface area contributed by atoms with Crippen LogP contribution in [0, 0.1) is 11.8 Å². The number of hydrogen-bond acceptors (Lipinski definition) is 3. The number of alkyl halides is 3. The zero-order chi connectivity index (χ0) is 16.1. The number of halogens is 3. The molecular formula is C12H22F3NO3S. The average Bonchev–Trinajstić information content (AvgIpc) is 2.09. The second kappa shape index (κ2) is 7.28. The maximum atomic E-state index is 12.4. The summed E-state index contributed by atoms with van der Waals surface area (Å²) in [5.41, 5.74) is 0. The zero-order valence-electron chi connectivity index (χ0n) is 12.2. The number of rotatable bonds is 7. The van der Waals surface area contributed by atoms with E-state index in [4.69, 9.17) is 0 Å². The Morgan fingerprint density at radius 1 is 1.10 bits per heavy atom. The van der Waals surface area contributed by atoms with E-state index in [2.05, 4.69) is 0 Å². The van der Waals surface area contributed by atoms with Crippen molar-refractivity contribution in [1.82, 2.24) is 4.90 Å². The fourth-order valence-electron chi connectivity index (χ4n) is 1.76. The summed E-state index contributed by atoms with van der Waals surface area (Å²) in [6.07, 6.45) is -4.54. The van der Waals surface area contributed by atoms with Crippen LogP contribution in [0.2, 0.25) is 0 Å². The van der Waals surface area contributed by atoms with Gasteiger partial charge in [-0.15, -0.1) is 0 Å². The monoisotopic (exact) mass is 317 g/mol. The molecule has 0 bridgehead atoms. The van der Waals surface area contributed by atoms with Gasteiger partial charge in [0.25, 0.3) is 0 Å². The molecule has 0 aliphatic rings. The molecule has 20 heavy (non-hydrogen) atoms. The summed E-state index contributed by atoms with van der Waals surface area (Å²) in [6, 6.07) is 0.